The number of carbonyl (C=O) groups is 1. The van der Waals surface area contributed by atoms with Crippen LogP contribution < -0.4 is 4.89 Å². The fourth-order valence-electron chi connectivity index (χ4n) is 1.56. The molecule has 0 saturated carbocycles. The van der Waals surface area contributed by atoms with E-state index in [2.05, 4.69) is 4.84 Å². The van der Waals surface area contributed by atoms with Gasteiger partial charge in [0.25, 0.3) is 0 Å². The lowest BCUT2D eigenvalue weighted by Gasteiger charge is -2.07. The first-order valence-corrected chi connectivity index (χ1v) is 6.46. The largest absolute Gasteiger partial charge is 0.758 e. The van der Waals surface area contributed by atoms with Crippen molar-refractivity contribution in [2.75, 3.05) is 0 Å². The molecule has 0 aliphatic carbocycles. The molecule has 0 amide bonds. The molecule has 1 N–H and O–H groups in total. The van der Waals surface area contributed by atoms with Crippen molar-refractivity contribution in [1.82, 2.24) is 4.89 Å². The monoisotopic (exact) mass is 276 g/mol. The van der Waals surface area contributed by atoms with Crippen LogP contribution in [0.2, 0.25) is 0 Å². The molecule has 0 saturated heterocycles. The van der Waals surface area contributed by atoms with Crippen molar-refractivity contribution in [3.63, 3.8) is 0 Å². The van der Waals surface area contributed by atoms with Crippen LogP contribution in [-0.2, 0) is 16.1 Å². The van der Waals surface area contributed by atoms with Crippen molar-refractivity contribution in [3.05, 3.63) is 60.2 Å². The summed E-state index contributed by atoms with van der Waals surface area (Å²) < 4.78 is 20.4. The maximum atomic E-state index is 11.4. The Morgan fingerprint density at radius 1 is 1.00 bits per heavy atom. The molecule has 0 aliphatic heterocycles. The summed E-state index contributed by atoms with van der Waals surface area (Å²) in [6, 6.07) is 16.3. The molecule has 0 aromatic heterocycles. The van der Waals surface area contributed by atoms with E-state index in [0.717, 1.165) is 11.1 Å². The maximum absolute atomic E-state index is 11.4. The summed E-state index contributed by atoms with van der Waals surface area (Å²) in [6.07, 6.45) is 0. The first-order valence-electron chi connectivity index (χ1n) is 5.38. The van der Waals surface area contributed by atoms with Crippen molar-refractivity contribution in [1.29, 1.82) is 0 Å². The molecule has 2 rings (SSSR count). The fraction of sp³-hybridized carbons (Fsp3) is 0. The average molecular weight is 276 g/mol. The summed E-state index contributed by atoms with van der Waals surface area (Å²) in [7, 11) is 0. The lowest BCUT2D eigenvalue weighted by atomic mass is 10.0. The van der Waals surface area contributed by atoms with Crippen LogP contribution in [-0.4, -0.2) is 14.7 Å². The van der Waals surface area contributed by atoms with E-state index in [-0.39, 0.29) is 5.56 Å². The van der Waals surface area contributed by atoms with E-state index in [1.165, 1.54) is 0 Å². The van der Waals surface area contributed by atoms with Gasteiger partial charge in [-0.05, 0) is 23.3 Å². The van der Waals surface area contributed by atoms with E-state index in [1.807, 2.05) is 30.3 Å². The highest BCUT2D eigenvalue weighted by atomic mass is 32.2. The summed E-state index contributed by atoms with van der Waals surface area (Å²) in [4.78, 5) is 17.3. The molecular formula is C13H10NO4S-. The van der Waals surface area contributed by atoms with Crippen LogP contribution >= 0.6 is 0 Å². The van der Waals surface area contributed by atoms with Crippen molar-refractivity contribution >= 4 is 17.2 Å². The second-order valence-electron chi connectivity index (χ2n) is 3.65. The van der Waals surface area contributed by atoms with Gasteiger partial charge in [0, 0.05) is 0 Å². The molecule has 98 valence electrons. The summed E-state index contributed by atoms with van der Waals surface area (Å²) in [6.45, 7) is 0. The van der Waals surface area contributed by atoms with Crippen LogP contribution in [0.3, 0.4) is 0 Å². The lowest BCUT2D eigenvalue weighted by molar-refractivity contribution is 0.0404. The average Bonchev–Trinajstić information content (AvgIpc) is 2.46. The third-order valence-electron chi connectivity index (χ3n) is 2.43. The van der Waals surface area contributed by atoms with Crippen LogP contribution in [0, 0.1) is 0 Å². The number of hydrogen-bond acceptors (Lipinski definition) is 4. The lowest BCUT2D eigenvalue weighted by Crippen LogP contribution is -2.21. The molecule has 6 heteroatoms. The zero-order chi connectivity index (χ0) is 13.7. The van der Waals surface area contributed by atoms with Gasteiger partial charge in [-0.3, -0.25) is 4.21 Å². The first kappa shape index (κ1) is 13.4. The second kappa shape index (κ2) is 6.24. The molecule has 0 radical (unpaired) electrons. The van der Waals surface area contributed by atoms with Crippen LogP contribution in [0.5, 0.6) is 0 Å². The van der Waals surface area contributed by atoms with Crippen molar-refractivity contribution < 1.29 is 18.4 Å². The molecule has 2 aromatic rings. The maximum Gasteiger partial charge on any atom is 0.357 e. The molecule has 5 nitrogen and oxygen atoms in total. The normalized spacial score (nSPS) is 11.8. The van der Waals surface area contributed by atoms with E-state index in [4.69, 9.17) is 0 Å². The van der Waals surface area contributed by atoms with E-state index in [9.17, 15) is 13.6 Å². The molecule has 0 fully saturated rings. The summed E-state index contributed by atoms with van der Waals surface area (Å²) in [5.41, 5.74) is 2.25. The number of benzene rings is 2. The van der Waals surface area contributed by atoms with Gasteiger partial charge in [0.2, 0.25) is 0 Å². The van der Waals surface area contributed by atoms with Crippen LogP contribution in [0.1, 0.15) is 10.4 Å². The van der Waals surface area contributed by atoms with Gasteiger partial charge in [-0.25, -0.2) is 4.79 Å². The van der Waals surface area contributed by atoms with E-state index >= 15 is 0 Å². The number of rotatable bonds is 4. The minimum Gasteiger partial charge on any atom is -0.758 e. The minimum absolute atomic E-state index is 0.262. The van der Waals surface area contributed by atoms with Gasteiger partial charge < -0.3 is 9.39 Å². The Labute approximate surface area is 112 Å². The Balaban J connectivity index is 2.10. The topological polar surface area (TPSA) is 78.5 Å². The first-order chi connectivity index (χ1) is 9.16. The predicted octanol–water partition coefficient (Wildman–Crippen LogP) is 1.81. The second-order valence-corrected chi connectivity index (χ2v) is 4.29. The van der Waals surface area contributed by atoms with Crippen LogP contribution in [0.4, 0.5) is 0 Å². The van der Waals surface area contributed by atoms with Crippen molar-refractivity contribution in [2.45, 2.75) is 0 Å². The van der Waals surface area contributed by atoms with Gasteiger partial charge in [0.05, 0.1) is 16.8 Å². The molecule has 1 unspecified atom stereocenters. The Morgan fingerprint density at radius 3 is 2.16 bits per heavy atom. The Bertz CT molecular complexity index is 583. The van der Waals surface area contributed by atoms with Crippen molar-refractivity contribution in [3.8, 4) is 11.1 Å². The minimum atomic E-state index is -2.64. The van der Waals surface area contributed by atoms with E-state index in [0.29, 0.717) is 0 Å². The molecule has 19 heavy (non-hydrogen) atoms. The molecule has 0 spiro atoms. The highest BCUT2D eigenvalue weighted by molar-refractivity contribution is 7.76. The van der Waals surface area contributed by atoms with Gasteiger partial charge in [-0.1, -0.05) is 47.3 Å². The molecule has 0 heterocycles. The van der Waals surface area contributed by atoms with E-state index in [1.54, 1.807) is 29.2 Å². The van der Waals surface area contributed by atoms with Gasteiger partial charge in [-0.2, -0.15) is 0 Å². The standard InChI is InChI=1S/C13H11NO4S/c15-13(18-14-19(16)17)12-8-6-11(7-9-12)10-4-2-1-3-5-10/h1-9,14H,(H,16,17)/p-1. The summed E-state index contributed by atoms with van der Waals surface area (Å²) >= 11 is -2.64. The molecule has 2 aromatic carbocycles. The van der Waals surface area contributed by atoms with Crippen molar-refractivity contribution in [2.24, 2.45) is 0 Å². The SMILES string of the molecule is O=C(ONS(=O)[O-])c1ccc(-c2ccccc2)cc1. The fourth-order valence-corrected chi connectivity index (χ4v) is 1.70. The van der Waals surface area contributed by atoms with Crippen LogP contribution in [0.25, 0.3) is 11.1 Å². The molecule has 1 atom stereocenters. The molecule has 0 bridgehead atoms. The zero-order valence-corrected chi connectivity index (χ0v) is 10.6. The quantitative estimate of drug-likeness (QED) is 0.682. The zero-order valence-electron chi connectivity index (χ0n) is 9.74. The Morgan fingerprint density at radius 2 is 1.58 bits per heavy atom. The Hall–Kier alpha value is -2.02. The van der Waals surface area contributed by atoms with E-state index < -0.39 is 17.2 Å². The molecule has 0 aliphatic rings. The van der Waals surface area contributed by atoms with Gasteiger partial charge >= 0.3 is 5.97 Å². The van der Waals surface area contributed by atoms with Gasteiger partial charge in [0.1, 0.15) is 0 Å². The number of carbonyl (C=O) groups excluding carboxylic acids is 1. The van der Waals surface area contributed by atoms with Crippen LogP contribution in [0.15, 0.2) is 54.6 Å². The smallest absolute Gasteiger partial charge is 0.357 e. The number of nitrogens with one attached hydrogen (secondary N) is 1. The van der Waals surface area contributed by atoms with Gasteiger partial charge in [-0.15, -0.1) is 0 Å². The molecular weight excluding hydrogens is 266 g/mol. The summed E-state index contributed by atoms with van der Waals surface area (Å²) in [5.74, 6) is -0.760. The summed E-state index contributed by atoms with van der Waals surface area (Å²) in [5, 5.41) is 0. The predicted molar refractivity (Wildman–Crippen MR) is 69.3 cm³/mol. The Kier molecular flexibility index (Phi) is 4.40. The third kappa shape index (κ3) is 3.72. The highest BCUT2D eigenvalue weighted by Crippen LogP contribution is 2.19. The number of hydrogen-bond donors (Lipinski definition) is 1. The van der Waals surface area contributed by atoms with Gasteiger partial charge in [0.15, 0.2) is 0 Å². The third-order valence-corrected chi connectivity index (χ3v) is 2.65. The highest BCUT2D eigenvalue weighted by Gasteiger charge is 2.07.